The zero-order valence-corrected chi connectivity index (χ0v) is 11.1. The van der Waals surface area contributed by atoms with Gasteiger partial charge in [-0.3, -0.25) is 0 Å². The van der Waals surface area contributed by atoms with E-state index >= 15 is 0 Å². The maximum absolute atomic E-state index is 11.5. The highest BCUT2D eigenvalue weighted by Gasteiger charge is 2.46. The number of carboxylic acid groups (broad SMARTS) is 1. The summed E-state index contributed by atoms with van der Waals surface area (Å²) < 4.78 is 5.69. The van der Waals surface area contributed by atoms with Gasteiger partial charge in [-0.1, -0.05) is 13.8 Å². The molecule has 1 rings (SSSR count). The lowest BCUT2D eigenvalue weighted by Crippen LogP contribution is -2.50. The SMILES string of the molecule is CC1CC(C)CC(OC(C)C(C)O)(C(=O)O)C1. The number of carbonyl (C=O) groups is 1. The zero-order valence-electron chi connectivity index (χ0n) is 11.1. The Morgan fingerprint density at radius 3 is 2.12 bits per heavy atom. The van der Waals surface area contributed by atoms with Crippen LogP contribution in [0.2, 0.25) is 0 Å². The van der Waals surface area contributed by atoms with E-state index < -0.39 is 23.8 Å². The molecule has 0 aromatic heterocycles. The first-order valence-electron chi connectivity index (χ1n) is 6.36. The van der Waals surface area contributed by atoms with Crippen LogP contribution in [-0.4, -0.2) is 34.0 Å². The molecule has 1 saturated carbocycles. The van der Waals surface area contributed by atoms with Crippen LogP contribution in [0.3, 0.4) is 0 Å². The predicted octanol–water partition coefficient (Wildman–Crippen LogP) is 2.05. The molecule has 1 aliphatic carbocycles. The molecule has 4 nitrogen and oxygen atoms in total. The van der Waals surface area contributed by atoms with Crippen molar-refractivity contribution >= 4 is 5.97 Å². The van der Waals surface area contributed by atoms with Crippen LogP contribution in [0, 0.1) is 11.8 Å². The second-order valence-electron chi connectivity index (χ2n) is 5.72. The van der Waals surface area contributed by atoms with Crippen LogP contribution in [0.1, 0.15) is 47.0 Å². The maximum atomic E-state index is 11.5. The lowest BCUT2D eigenvalue weighted by molar-refractivity contribution is -0.192. The molecule has 17 heavy (non-hydrogen) atoms. The quantitative estimate of drug-likeness (QED) is 0.794. The van der Waals surface area contributed by atoms with Gasteiger partial charge in [0.1, 0.15) is 0 Å². The molecule has 0 saturated heterocycles. The number of aliphatic hydroxyl groups is 1. The summed E-state index contributed by atoms with van der Waals surface area (Å²) in [4.78, 5) is 11.5. The predicted molar refractivity (Wildman–Crippen MR) is 64.8 cm³/mol. The number of hydrogen-bond donors (Lipinski definition) is 2. The van der Waals surface area contributed by atoms with E-state index in [0.717, 1.165) is 6.42 Å². The summed E-state index contributed by atoms with van der Waals surface area (Å²) in [5.74, 6) is -0.213. The number of ether oxygens (including phenoxy) is 1. The Labute approximate surface area is 103 Å². The molecule has 1 aliphatic rings. The minimum Gasteiger partial charge on any atom is -0.479 e. The van der Waals surface area contributed by atoms with E-state index in [0.29, 0.717) is 24.7 Å². The minimum atomic E-state index is -1.12. The molecule has 0 amide bonds. The molecule has 0 spiro atoms. The van der Waals surface area contributed by atoms with Gasteiger partial charge in [-0.25, -0.2) is 4.79 Å². The van der Waals surface area contributed by atoms with Crippen molar-refractivity contribution in [3.05, 3.63) is 0 Å². The van der Waals surface area contributed by atoms with E-state index in [1.807, 2.05) is 0 Å². The Morgan fingerprint density at radius 1 is 1.29 bits per heavy atom. The van der Waals surface area contributed by atoms with E-state index in [1.165, 1.54) is 0 Å². The lowest BCUT2D eigenvalue weighted by Gasteiger charge is -2.41. The normalized spacial score (nSPS) is 37.5. The summed E-state index contributed by atoms with van der Waals surface area (Å²) >= 11 is 0. The van der Waals surface area contributed by atoms with E-state index in [4.69, 9.17) is 4.74 Å². The second kappa shape index (κ2) is 5.36. The third kappa shape index (κ3) is 3.42. The first-order valence-corrected chi connectivity index (χ1v) is 6.36. The van der Waals surface area contributed by atoms with Gasteiger partial charge in [0, 0.05) is 0 Å². The van der Waals surface area contributed by atoms with Crippen molar-refractivity contribution in [2.24, 2.45) is 11.8 Å². The van der Waals surface area contributed by atoms with E-state index in [1.54, 1.807) is 13.8 Å². The molecule has 1 fully saturated rings. The fourth-order valence-electron chi connectivity index (χ4n) is 2.84. The number of aliphatic carboxylic acids is 1. The zero-order chi connectivity index (χ0) is 13.2. The van der Waals surface area contributed by atoms with Gasteiger partial charge in [0.15, 0.2) is 5.60 Å². The molecule has 0 bridgehead atoms. The molecule has 0 aromatic carbocycles. The first kappa shape index (κ1) is 14.5. The van der Waals surface area contributed by atoms with Crippen LogP contribution in [0.25, 0.3) is 0 Å². The Morgan fingerprint density at radius 2 is 1.76 bits per heavy atom. The molecule has 2 N–H and O–H groups in total. The van der Waals surface area contributed by atoms with Crippen LogP contribution in [0.5, 0.6) is 0 Å². The fraction of sp³-hybridized carbons (Fsp3) is 0.923. The van der Waals surface area contributed by atoms with Crippen LogP contribution in [0.4, 0.5) is 0 Å². The highest BCUT2D eigenvalue weighted by molar-refractivity contribution is 5.77. The summed E-state index contributed by atoms with van der Waals surface area (Å²) in [6.45, 7) is 7.46. The Balaban J connectivity index is 2.85. The lowest BCUT2D eigenvalue weighted by atomic mass is 9.73. The van der Waals surface area contributed by atoms with Crippen LogP contribution in [-0.2, 0) is 9.53 Å². The van der Waals surface area contributed by atoms with Gasteiger partial charge in [0.2, 0.25) is 0 Å². The number of carboxylic acids is 1. The highest BCUT2D eigenvalue weighted by atomic mass is 16.5. The minimum absolute atomic E-state index is 0.344. The molecule has 100 valence electrons. The average molecular weight is 244 g/mol. The van der Waals surface area contributed by atoms with Gasteiger partial charge in [0.25, 0.3) is 0 Å². The molecule has 0 heterocycles. The summed E-state index contributed by atoms with van der Waals surface area (Å²) in [6, 6.07) is 0. The standard InChI is InChI=1S/C13H24O4/c1-8-5-9(2)7-13(6-8,12(15)16)17-11(4)10(3)14/h8-11,14H,5-7H2,1-4H3,(H,15,16). The third-order valence-electron chi connectivity index (χ3n) is 3.64. The van der Waals surface area contributed by atoms with E-state index in [9.17, 15) is 15.0 Å². The van der Waals surface area contributed by atoms with E-state index in [-0.39, 0.29) is 0 Å². The maximum Gasteiger partial charge on any atom is 0.336 e. The Hall–Kier alpha value is -0.610. The number of hydrogen-bond acceptors (Lipinski definition) is 3. The van der Waals surface area contributed by atoms with Crippen molar-refractivity contribution in [3.8, 4) is 0 Å². The van der Waals surface area contributed by atoms with Gasteiger partial charge < -0.3 is 14.9 Å². The van der Waals surface area contributed by atoms with Crippen molar-refractivity contribution < 1.29 is 19.7 Å². The molecule has 0 radical (unpaired) electrons. The van der Waals surface area contributed by atoms with Crippen molar-refractivity contribution in [2.45, 2.75) is 64.8 Å². The largest absolute Gasteiger partial charge is 0.479 e. The number of aliphatic hydroxyl groups excluding tert-OH is 1. The molecular weight excluding hydrogens is 220 g/mol. The van der Waals surface area contributed by atoms with Gasteiger partial charge >= 0.3 is 5.97 Å². The van der Waals surface area contributed by atoms with Gasteiger partial charge in [-0.15, -0.1) is 0 Å². The second-order valence-corrected chi connectivity index (χ2v) is 5.72. The first-order chi connectivity index (χ1) is 7.77. The molecule has 4 heteroatoms. The van der Waals surface area contributed by atoms with E-state index in [2.05, 4.69) is 13.8 Å². The third-order valence-corrected chi connectivity index (χ3v) is 3.64. The highest BCUT2D eigenvalue weighted by Crippen LogP contribution is 2.39. The van der Waals surface area contributed by atoms with Crippen molar-refractivity contribution in [1.29, 1.82) is 0 Å². The summed E-state index contributed by atoms with van der Waals surface area (Å²) in [5, 5.41) is 18.9. The molecule has 4 atom stereocenters. The molecular formula is C13H24O4. The van der Waals surface area contributed by atoms with Crippen LogP contribution in [0.15, 0.2) is 0 Å². The Kier molecular flexibility index (Phi) is 4.55. The summed E-state index contributed by atoms with van der Waals surface area (Å²) in [5.41, 5.74) is -1.12. The van der Waals surface area contributed by atoms with Crippen LogP contribution < -0.4 is 0 Å². The van der Waals surface area contributed by atoms with Gasteiger partial charge in [0.05, 0.1) is 12.2 Å². The average Bonchev–Trinajstić information content (AvgIpc) is 2.15. The van der Waals surface area contributed by atoms with Gasteiger partial charge in [-0.2, -0.15) is 0 Å². The molecule has 0 aromatic rings. The number of rotatable bonds is 4. The van der Waals surface area contributed by atoms with Crippen molar-refractivity contribution in [1.82, 2.24) is 0 Å². The topological polar surface area (TPSA) is 66.8 Å². The monoisotopic (exact) mass is 244 g/mol. The molecule has 0 aliphatic heterocycles. The Bertz CT molecular complexity index is 265. The van der Waals surface area contributed by atoms with Crippen LogP contribution >= 0.6 is 0 Å². The van der Waals surface area contributed by atoms with Crippen molar-refractivity contribution in [3.63, 3.8) is 0 Å². The summed E-state index contributed by atoms with van der Waals surface area (Å²) in [7, 11) is 0. The smallest absolute Gasteiger partial charge is 0.336 e. The summed E-state index contributed by atoms with van der Waals surface area (Å²) in [6.07, 6.45) is 0.997. The van der Waals surface area contributed by atoms with Crippen molar-refractivity contribution in [2.75, 3.05) is 0 Å². The van der Waals surface area contributed by atoms with Gasteiger partial charge in [-0.05, 0) is 44.9 Å². The molecule has 4 unspecified atom stereocenters. The fourth-order valence-corrected chi connectivity index (χ4v) is 2.84.